The van der Waals surface area contributed by atoms with Crippen molar-refractivity contribution < 1.29 is 9.90 Å². The lowest BCUT2D eigenvalue weighted by molar-refractivity contribution is 0.178. The highest BCUT2D eigenvalue weighted by Gasteiger charge is 2.28. The molecule has 2 aliphatic rings. The van der Waals surface area contributed by atoms with Gasteiger partial charge >= 0.3 is 6.03 Å². The van der Waals surface area contributed by atoms with Gasteiger partial charge in [-0.1, -0.05) is 12.2 Å². The number of carbonyl (C=O) groups is 1. The summed E-state index contributed by atoms with van der Waals surface area (Å²) in [5.41, 5.74) is 1.19. The van der Waals surface area contributed by atoms with Gasteiger partial charge in [0.1, 0.15) is 0 Å². The SMILES string of the molecule is C=C(C)CN1CCC(NC(=O)N2CCC(CO)C2)CC1. The third-order valence-corrected chi connectivity index (χ3v) is 4.24. The lowest BCUT2D eigenvalue weighted by Gasteiger charge is -2.33. The Morgan fingerprint density at radius 1 is 1.30 bits per heavy atom. The van der Waals surface area contributed by atoms with Crippen molar-refractivity contribution in [2.24, 2.45) is 5.92 Å². The van der Waals surface area contributed by atoms with E-state index in [0.717, 1.165) is 45.4 Å². The summed E-state index contributed by atoms with van der Waals surface area (Å²) in [6.07, 6.45) is 2.94. The average Bonchev–Trinajstić information content (AvgIpc) is 2.89. The zero-order chi connectivity index (χ0) is 14.5. The van der Waals surface area contributed by atoms with Crippen molar-refractivity contribution in [1.29, 1.82) is 0 Å². The van der Waals surface area contributed by atoms with Gasteiger partial charge in [0.05, 0.1) is 0 Å². The molecule has 0 radical (unpaired) electrons. The van der Waals surface area contributed by atoms with Crippen molar-refractivity contribution in [3.05, 3.63) is 12.2 Å². The van der Waals surface area contributed by atoms with Gasteiger partial charge in [0.2, 0.25) is 0 Å². The summed E-state index contributed by atoms with van der Waals surface area (Å²) in [6.45, 7) is 10.7. The number of hydrogen-bond acceptors (Lipinski definition) is 3. The van der Waals surface area contributed by atoms with Gasteiger partial charge in [-0.05, 0) is 26.2 Å². The second-order valence-corrected chi connectivity index (χ2v) is 6.24. The van der Waals surface area contributed by atoms with Crippen LogP contribution in [0.1, 0.15) is 26.2 Å². The molecule has 1 atom stereocenters. The number of urea groups is 1. The van der Waals surface area contributed by atoms with Crippen LogP contribution in [0.5, 0.6) is 0 Å². The first-order chi connectivity index (χ1) is 9.58. The molecule has 2 fully saturated rings. The van der Waals surface area contributed by atoms with E-state index < -0.39 is 0 Å². The van der Waals surface area contributed by atoms with Crippen LogP contribution in [-0.2, 0) is 0 Å². The maximum absolute atomic E-state index is 12.1. The van der Waals surface area contributed by atoms with Crippen molar-refractivity contribution in [3.8, 4) is 0 Å². The highest BCUT2D eigenvalue weighted by atomic mass is 16.3. The van der Waals surface area contributed by atoms with Crippen LogP contribution in [0, 0.1) is 5.92 Å². The van der Waals surface area contributed by atoms with E-state index in [4.69, 9.17) is 5.11 Å². The first kappa shape index (κ1) is 15.3. The molecular formula is C15H27N3O2. The molecule has 5 nitrogen and oxygen atoms in total. The number of nitrogens with zero attached hydrogens (tertiary/aromatic N) is 2. The van der Waals surface area contributed by atoms with E-state index in [2.05, 4.69) is 23.7 Å². The van der Waals surface area contributed by atoms with E-state index >= 15 is 0 Å². The minimum atomic E-state index is 0.0410. The molecule has 2 N–H and O–H groups in total. The van der Waals surface area contributed by atoms with E-state index in [1.54, 1.807) is 0 Å². The van der Waals surface area contributed by atoms with E-state index in [-0.39, 0.29) is 24.6 Å². The highest BCUT2D eigenvalue weighted by Crippen LogP contribution is 2.17. The normalized spacial score (nSPS) is 24.9. The second kappa shape index (κ2) is 7.09. The fourth-order valence-electron chi connectivity index (χ4n) is 3.05. The Balaban J connectivity index is 1.70. The Morgan fingerprint density at radius 2 is 2.00 bits per heavy atom. The van der Waals surface area contributed by atoms with Gasteiger partial charge in [-0.25, -0.2) is 4.79 Å². The van der Waals surface area contributed by atoms with Crippen molar-refractivity contribution in [3.63, 3.8) is 0 Å². The minimum absolute atomic E-state index is 0.0410. The van der Waals surface area contributed by atoms with Crippen LogP contribution in [0.25, 0.3) is 0 Å². The molecule has 2 aliphatic heterocycles. The molecule has 0 spiro atoms. The van der Waals surface area contributed by atoms with Gasteiger partial charge in [0, 0.05) is 51.3 Å². The lowest BCUT2D eigenvalue weighted by Crippen LogP contribution is -2.49. The molecule has 2 rings (SSSR count). The monoisotopic (exact) mass is 281 g/mol. The molecule has 20 heavy (non-hydrogen) atoms. The molecule has 0 saturated carbocycles. The quantitative estimate of drug-likeness (QED) is 0.757. The summed E-state index contributed by atoms with van der Waals surface area (Å²) in [4.78, 5) is 16.4. The number of aliphatic hydroxyl groups is 1. The van der Waals surface area contributed by atoms with Gasteiger partial charge in [-0.15, -0.1) is 0 Å². The number of amides is 2. The Labute approximate surface area is 121 Å². The molecule has 0 aromatic heterocycles. The number of rotatable bonds is 4. The maximum atomic E-state index is 12.1. The molecular weight excluding hydrogens is 254 g/mol. The minimum Gasteiger partial charge on any atom is -0.396 e. The number of nitrogens with one attached hydrogen (secondary N) is 1. The lowest BCUT2D eigenvalue weighted by atomic mass is 10.0. The number of piperidine rings is 1. The Hall–Kier alpha value is -1.07. The highest BCUT2D eigenvalue weighted by molar-refractivity contribution is 5.74. The fraction of sp³-hybridized carbons (Fsp3) is 0.800. The van der Waals surface area contributed by atoms with E-state index in [1.807, 2.05) is 4.90 Å². The summed E-state index contributed by atoms with van der Waals surface area (Å²) in [5.74, 6) is 0.262. The molecule has 0 aliphatic carbocycles. The van der Waals surface area contributed by atoms with Gasteiger partial charge in [-0.2, -0.15) is 0 Å². The summed E-state index contributed by atoms with van der Waals surface area (Å²) in [7, 11) is 0. The van der Waals surface area contributed by atoms with Crippen molar-refractivity contribution in [2.75, 3.05) is 39.3 Å². The topological polar surface area (TPSA) is 55.8 Å². The van der Waals surface area contributed by atoms with E-state index in [0.29, 0.717) is 6.54 Å². The Morgan fingerprint density at radius 3 is 2.55 bits per heavy atom. The number of aliphatic hydroxyl groups excluding tert-OH is 1. The van der Waals surface area contributed by atoms with Gasteiger partial charge in [0.15, 0.2) is 0 Å². The first-order valence-electron chi connectivity index (χ1n) is 7.61. The molecule has 114 valence electrons. The average molecular weight is 281 g/mol. The smallest absolute Gasteiger partial charge is 0.317 e. The molecule has 0 bridgehead atoms. The predicted molar refractivity (Wildman–Crippen MR) is 79.6 cm³/mol. The van der Waals surface area contributed by atoms with E-state index in [9.17, 15) is 4.79 Å². The standard InChI is InChI=1S/C15H27N3O2/c1-12(2)9-17-6-4-14(5-7-17)16-15(20)18-8-3-13(10-18)11-19/h13-14,19H,1,3-11H2,2H3,(H,16,20). The Kier molecular flexibility index (Phi) is 5.43. The third-order valence-electron chi connectivity index (χ3n) is 4.24. The second-order valence-electron chi connectivity index (χ2n) is 6.24. The number of hydrogen-bond donors (Lipinski definition) is 2. The molecule has 2 amide bonds. The van der Waals surface area contributed by atoms with Crippen molar-refractivity contribution >= 4 is 6.03 Å². The number of carbonyl (C=O) groups excluding carboxylic acids is 1. The summed E-state index contributed by atoms with van der Waals surface area (Å²) in [5, 5.41) is 12.3. The van der Waals surface area contributed by atoms with Crippen molar-refractivity contribution in [2.45, 2.75) is 32.2 Å². The molecule has 5 heteroatoms. The van der Waals surface area contributed by atoms with Gasteiger partial charge < -0.3 is 15.3 Å². The number of likely N-dealkylation sites (tertiary alicyclic amines) is 2. The van der Waals surface area contributed by atoms with Crippen molar-refractivity contribution in [1.82, 2.24) is 15.1 Å². The van der Waals surface area contributed by atoms with Crippen LogP contribution >= 0.6 is 0 Å². The molecule has 0 aromatic carbocycles. The van der Waals surface area contributed by atoms with Crippen LogP contribution < -0.4 is 5.32 Å². The molecule has 2 saturated heterocycles. The zero-order valence-corrected chi connectivity index (χ0v) is 12.5. The summed E-state index contributed by atoms with van der Waals surface area (Å²) in [6, 6.07) is 0.330. The molecule has 0 aromatic rings. The van der Waals surface area contributed by atoms with E-state index in [1.165, 1.54) is 5.57 Å². The molecule has 2 heterocycles. The van der Waals surface area contributed by atoms with Crippen LogP contribution in [0.3, 0.4) is 0 Å². The summed E-state index contributed by atoms with van der Waals surface area (Å²) >= 11 is 0. The predicted octanol–water partition coefficient (Wildman–Crippen LogP) is 1.05. The van der Waals surface area contributed by atoms with Crippen LogP contribution in [0.15, 0.2) is 12.2 Å². The van der Waals surface area contributed by atoms with Crippen LogP contribution in [-0.4, -0.2) is 66.3 Å². The van der Waals surface area contributed by atoms with Gasteiger partial charge in [0.25, 0.3) is 0 Å². The maximum Gasteiger partial charge on any atom is 0.317 e. The largest absolute Gasteiger partial charge is 0.396 e. The molecule has 1 unspecified atom stereocenters. The fourth-order valence-corrected chi connectivity index (χ4v) is 3.05. The van der Waals surface area contributed by atoms with Gasteiger partial charge in [-0.3, -0.25) is 4.90 Å². The van der Waals surface area contributed by atoms with Crippen LogP contribution in [0.4, 0.5) is 4.79 Å². The Bertz CT molecular complexity index is 351. The third kappa shape index (κ3) is 4.21. The van der Waals surface area contributed by atoms with Crippen LogP contribution in [0.2, 0.25) is 0 Å². The zero-order valence-electron chi connectivity index (χ0n) is 12.5. The summed E-state index contributed by atoms with van der Waals surface area (Å²) < 4.78 is 0. The first-order valence-corrected chi connectivity index (χ1v) is 7.61.